The van der Waals surface area contributed by atoms with Gasteiger partial charge in [-0.1, -0.05) is 0 Å². The fourth-order valence-corrected chi connectivity index (χ4v) is 1.50. The Balaban J connectivity index is 2.83. The van der Waals surface area contributed by atoms with Crippen LogP contribution in [0.3, 0.4) is 0 Å². The maximum Gasteiger partial charge on any atom is 0.323 e. The number of carboxylic acids is 1. The molecule has 7 nitrogen and oxygen atoms in total. The van der Waals surface area contributed by atoms with Crippen LogP contribution in [-0.2, 0) is 14.8 Å². The minimum atomic E-state index is -3.93. The largest absolute Gasteiger partial charge is 0.480 e. The third-order valence-electron chi connectivity index (χ3n) is 1.55. The summed E-state index contributed by atoms with van der Waals surface area (Å²) in [5.74, 6) is -1.41. The molecule has 0 fully saturated rings. The van der Waals surface area contributed by atoms with Gasteiger partial charge in [-0.3, -0.25) is 9.52 Å². The second kappa shape index (κ2) is 3.66. The summed E-state index contributed by atoms with van der Waals surface area (Å²) in [5.41, 5.74) is 0. The van der Waals surface area contributed by atoms with Gasteiger partial charge in [0.2, 0.25) is 16.0 Å². The normalized spacial score (nSPS) is 13.5. The van der Waals surface area contributed by atoms with E-state index in [2.05, 4.69) is 9.97 Å². The van der Waals surface area contributed by atoms with Crippen LogP contribution in [0, 0.1) is 0 Å². The molecule has 8 heteroatoms. The maximum absolute atomic E-state index is 11.3. The number of H-pyrrole nitrogens is 1. The summed E-state index contributed by atoms with van der Waals surface area (Å²) < 4.78 is 24.6. The Morgan fingerprint density at radius 3 is 2.79 bits per heavy atom. The van der Waals surface area contributed by atoms with Crippen LogP contribution < -0.4 is 4.72 Å². The smallest absolute Gasteiger partial charge is 0.323 e. The van der Waals surface area contributed by atoms with Gasteiger partial charge in [0.05, 0.1) is 0 Å². The number of hydrogen-bond acceptors (Lipinski definition) is 4. The maximum atomic E-state index is 11.3. The first kappa shape index (κ1) is 10.5. The summed E-state index contributed by atoms with van der Waals surface area (Å²) in [4.78, 5) is 16.5. The van der Waals surface area contributed by atoms with Gasteiger partial charge in [-0.2, -0.15) is 0 Å². The number of anilines is 1. The highest BCUT2D eigenvalue weighted by molar-refractivity contribution is 7.94. The van der Waals surface area contributed by atoms with Crippen molar-refractivity contribution in [1.82, 2.24) is 9.97 Å². The van der Waals surface area contributed by atoms with E-state index in [-0.39, 0.29) is 5.95 Å². The van der Waals surface area contributed by atoms with Gasteiger partial charge in [-0.25, -0.2) is 13.4 Å². The van der Waals surface area contributed by atoms with Crippen LogP contribution in [0.1, 0.15) is 6.92 Å². The standard InChI is InChI=1S/C6H9N3O4S/c1-4(5(10)11)14(12,13)9-6-7-2-3-8-6/h2-4H,1H3,(H,10,11)(H2,7,8,9). The summed E-state index contributed by atoms with van der Waals surface area (Å²) in [7, 11) is -3.93. The third kappa shape index (κ3) is 2.22. The second-order valence-corrected chi connectivity index (χ2v) is 4.57. The van der Waals surface area contributed by atoms with Gasteiger partial charge < -0.3 is 10.1 Å². The van der Waals surface area contributed by atoms with Crippen LogP contribution in [0.5, 0.6) is 0 Å². The molecule has 0 aliphatic heterocycles. The number of aromatic amines is 1. The fraction of sp³-hybridized carbons (Fsp3) is 0.333. The van der Waals surface area contributed by atoms with Crippen molar-refractivity contribution in [3.63, 3.8) is 0 Å². The van der Waals surface area contributed by atoms with Gasteiger partial charge >= 0.3 is 5.97 Å². The highest BCUT2D eigenvalue weighted by Gasteiger charge is 2.27. The highest BCUT2D eigenvalue weighted by Crippen LogP contribution is 2.05. The molecule has 14 heavy (non-hydrogen) atoms. The van der Waals surface area contributed by atoms with Gasteiger partial charge in [0.1, 0.15) is 0 Å². The minimum Gasteiger partial charge on any atom is -0.480 e. The number of nitrogens with zero attached hydrogens (tertiary/aromatic N) is 1. The van der Waals surface area contributed by atoms with E-state index in [1.165, 1.54) is 12.4 Å². The van der Waals surface area contributed by atoms with Crippen LogP contribution in [0.15, 0.2) is 12.4 Å². The molecular weight excluding hydrogens is 210 g/mol. The third-order valence-corrected chi connectivity index (χ3v) is 3.16. The topological polar surface area (TPSA) is 112 Å². The van der Waals surface area contributed by atoms with Gasteiger partial charge in [0.15, 0.2) is 5.25 Å². The summed E-state index contributed by atoms with van der Waals surface area (Å²) >= 11 is 0. The Morgan fingerprint density at radius 2 is 2.36 bits per heavy atom. The number of aromatic nitrogens is 2. The number of sulfonamides is 1. The quantitative estimate of drug-likeness (QED) is 0.639. The van der Waals surface area contributed by atoms with Crippen molar-refractivity contribution in [3.05, 3.63) is 12.4 Å². The van der Waals surface area contributed by atoms with E-state index in [1.54, 1.807) is 0 Å². The predicted molar refractivity (Wildman–Crippen MR) is 48.2 cm³/mol. The molecule has 3 N–H and O–H groups in total. The van der Waals surface area contributed by atoms with Crippen LogP contribution >= 0.6 is 0 Å². The fourth-order valence-electron chi connectivity index (χ4n) is 0.677. The van der Waals surface area contributed by atoms with E-state index < -0.39 is 21.2 Å². The molecule has 0 amide bonds. The van der Waals surface area contributed by atoms with Crippen LogP contribution in [-0.4, -0.2) is 34.7 Å². The molecule has 0 aromatic carbocycles. The molecule has 1 unspecified atom stereocenters. The lowest BCUT2D eigenvalue weighted by Gasteiger charge is -2.08. The molecule has 0 saturated heterocycles. The molecule has 0 radical (unpaired) electrons. The van der Waals surface area contributed by atoms with Gasteiger partial charge in [-0.05, 0) is 6.92 Å². The van der Waals surface area contributed by atoms with Crippen molar-refractivity contribution in [1.29, 1.82) is 0 Å². The van der Waals surface area contributed by atoms with E-state index in [0.29, 0.717) is 0 Å². The average Bonchev–Trinajstić information content (AvgIpc) is 2.54. The van der Waals surface area contributed by atoms with Crippen LogP contribution in [0.2, 0.25) is 0 Å². The molecule has 1 aromatic heterocycles. The predicted octanol–water partition coefficient (Wildman–Crippen LogP) is -0.376. The van der Waals surface area contributed by atoms with E-state index >= 15 is 0 Å². The summed E-state index contributed by atoms with van der Waals surface area (Å²) in [6.07, 6.45) is 2.77. The Labute approximate surface area is 80.2 Å². The summed E-state index contributed by atoms with van der Waals surface area (Å²) in [6.45, 7) is 1.08. The molecule has 78 valence electrons. The van der Waals surface area contributed by atoms with Gasteiger partial charge in [-0.15, -0.1) is 0 Å². The monoisotopic (exact) mass is 219 g/mol. The Kier molecular flexibility index (Phi) is 2.75. The molecule has 1 rings (SSSR count). The second-order valence-electron chi connectivity index (χ2n) is 2.57. The number of aliphatic carboxylic acids is 1. The number of hydrogen-bond donors (Lipinski definition) is 3. The number of carboxylic acid groups (broad SMARTS) is 1. The lowest BCUT2D eigenvalue weighted by Crippen LogP contribution is -2.32. The Bertz CT molecular complexity index is 410. The van der Waals surface area contributed by atoms with E-state index in [4.69, 9.17) is 5.11 Å². The van der Waals surface area contributed by atoms with Crippen molar-refractivity contribution in [3.8, 4) is 0 Å². The van der Waals surface area contributed by atoms with Crippen molar-refractivity contribution < 1.29 is 18.3 Å². The van der Waals surface area contributed by atoms with Crippen molar-refractivity contribution in [2.75, 3.05) is 4.72 Å². The highest BCUT2D eigenvalue weighted by atomic mass is 32.2. The van der Waals surface area contributed by atoms with Crippen molar-refractivity contribution in [2.24, 2.45) is 0 Å². The van der Waals surface area contributed by atoms with Gasteiger partial charge in [0, 0.05) is 12.4 Å². The molecule has 1 aromatic rings. The SMILES string of the molecule is CC(C(=O)O)S(=O)(=O)Nc1ncc[nH]1. The lowest BCUT2D eigenvalue weighted by molar-refractivity contribution is -0.136. The zero-order chi connectivity index (χ0) is 10.8. The number of imidazole rings is 1. The molecule has 1 heterocycles. The van der Waals surface area contributed by atoms with Crippen molar-refractivity contribution in [2.45, 2.75) is 12.2 Å². The van der Waals surface area contributed by atoms with E-state index in [1.807, 2.05) is 4.72 Å². The summed E-state index contributed by atoms with van der Waals surface area (Å²) in [6, 6.07) is 0. The number of nitrogens with one attached hydrogen (secondary N) is 2. The minimum absolute atomic E-state index is 0.00176. The Hall–Kier alpha value is -1.57. The van der Waals surface area contributed by atoms with Crippen molar-refractivity contribution >= 4 is 21.9 Å². The molecule has 0 aliphatic rings. The average molecular weight is 219 g/mol. The van der Waals surface area contributed by atoms with Crippen LogP contribution in [0.4, 0.5) is 5.95 Å². The zero-order valence-electron chi connectivity index (χ0n) is 7.26. The first-order valence-corrected chi connectivity index (χ1v) is 5.22. The van der Waals surface area contributed by atoms with Gasteiger partial charge in [0.25, 0.3) is 0 Å². The molecule has 1 atom stereocenters. The van der Waals surface area contributed by atoms with E-state index in [0.717, 1.165) is 6.92 Å². The number of carbonyl (C=O) groups is 1. The molecule has 0 saturated carbocycles. The first-order chi connectivity index (χ1) is 6.43. The summed E-state index contributed by atoms with van der Waals surface area (Å²) in [5, 5.41) is 6.98. The molecular formula is C6H9N3O4S. The zero-order valence-corrected chi connectivity index (χ0v) is 8.08. The lowest BCUT2D eigenvalue weighted by atomic mass is 10.5. The molecule has 0 bridgehead atoms. The molecule has 0 spiro atoms. The Morgan fingerprint density at radius 1 is 1.71 bits per heavy atom. The molecule has 0 aliphatic carbocycles. The van der Waals surface area contributed by atoms with Crippen LogP contribution in [0.25, 0.3) is 0 Å². The first-order valence-electron chi connectivity index (χ1n) is 3.67. The number of rotatable bonds is 4. The van der Waals surface area contributed by atoms with E-state index in [9.17, 15) is 13.2 Å².